The summed E-state index contributed by atoms with van der Waals surface area (Å²) in [6, 6.07) is 14.8. The number of rotatable bonds is 9. The first-order valence-electron chi connectivity index (χ1n) is 11.0. The fraction of sp³-hybridized carbons (Fsp3) is 0.520. The molecule has 6 heteroatoms. The molecule has 2 unspecified atom stereocenters. The van der Waals surface area contributed by atoms with Crippen LogP contribution >= 0.6 is 0 Å². The molecule has 3 rings (SSSR count). The van der Waals surface area contributed by atoms with Gasteiger partial charge < -0.3 is 19.9 Å². The molecule has 0 radical (unpaired) electrons. The molecule has 2 aromatic carbocycles. The van der Waals surface area contributed by atoms with Crippen molar-refractivity contribution in [3.05, 3.63) is 65.5 Å². The van der Waals surface area contributed by atoms with Crippen LogP contribution in [0, 0.1) is 5.82 Å². The average molecular weight is 431 g/mol. The van der Waals surface area contributed by atoms with Crippen molar-refractivity contribution in [1.29, 1.82) is 0 Å². The highest BCUT2D eigenvalue weighted by Crippen LogP contribution is 2.24. The summed E-state index contributed by atoms with van der Waals surface area (Å²) >= 11 is 0. The highest BCUT2D eigenvalue weighted by molar-refractivity contribution is 5.31. The van der Waals surface area contributed by atoms with Crippen molar-refractivity contribution in [2.24, 2.45) is 0 Å². The minimum atomic E-state index is -0.624. The second-order valence-corrected chi connectivity index (χ2v) is 9.11. The minimum absolute atomic E-state index is 0.0996. The number of hydrogen-bond acceptors (Lipinski definition) is 5. The maximum atomic E-state index is 13.4. The Morgan fingerprint density at radius 3 is 2.29 bits per heavy atom. The van der Waals surface area contributed by atoms with Gasteiger partial charge in [0.1, 0.15) is 24.3 Å². The van der Waals surface area contributed by atoms with Crippen LogP contribution in [0.5, 0.6) is 5.75 Å². The van der Waals surface area contributed by atoms with Gasteiger partial charge >= 0.3 is 0 Å². The summed E-state index contributed by atoms with van der Waals surface area (Å²) in [5.74, 6) is 0.519. The summed E-state index contributed by atoms with van der Waals surface area (Å²) in [4.78, 5) is 2.34. The fourth-order valence-electron chi connectivity index (χ4n) is 3.72. The standard InChI is InChI=1S/C25H35FN2O3/c1-25(2,3)20-6-10-23(11-7-20)31-18-22(29)16-27-17-24(28-12-14-30-15-13-28)19-4-8-21(26)9-5-19/h4-11,22,24,27,29H,12-18H2,1-3H3. The summed E-state index contributed by atoms with van der Waals surface area (Å²) in [6.07, 6.45) is -0.624. The molecule has 1 saturated heterocycles. The van der Waals surface area contributed by atoms with Crippen LogP contribution in [0.2, 0.25) is 0 Å². The molecule has 0 spiro atoms. The average Bonchev–Trinajstić information content (AvgIpc) is 2.76. The number of ether oxygens (including phenoxy) is 2. The number of morpholine rings is 1. The third kappa shape index (κ3) is 7.28. The van der Waals surface area contributed by atoms with Gasteiger partial charge in [0.05, 0.1) is 13.2 Å². The first-order valence-corrected chi connectivity index (χ1v) is 11.0. The van der Waals surface area contributed by atoms with Crippen LogP contribution in [0.3, 0.4) is 0 Å². The zero-order chi connectivity index (χ0) is 22.3. The summed E-state index contributed by atoms with van der Waals surface area (Å²) in [7, 11) is 0. The molecule has 0 aliphatic carbocycles. The highest BCUT2D eigenvalue weighted by Gasteiger charge is 2.23. The fourth-order valence-corrected chi connectivity index (χ4v) is 3.72. The molecule has 1 heterocycles. The predicted molar refractivity (Wildman–Crippen MR) is 121 cm³/mol. The van der Waals surface area contributed by atoms with E-state index in [0.717, 1.165) is 24.4 Å². The first kappa shape index (κ1) is 23.7. The molecule has 1 aliphatic heterocycles. The number of halogens is 1. The summed E-state index contributed by atoms with van der Waals surface area (Å²) in [6.45, 7) is 10.9. The lowest BCUT2D eigenvalue weighted by Crippen LogP contribution is -2.44. The number of benzene rings is 2. The van der Waals surface area contributed by atoms with Crippen molar-refractivity contribution in [1.82, 2.24) is 10.2 Å². The second-order valence-electron chi connectivity index (χ2n) is 9.11. The van der Waals surface area contributed by atoms with Crippen molar-refractivity contribution in [2.75, 3.05) is 46.0 Å². The van der Waals surface area contributed by atoms with E-state index in [9.17, 15) is 9.50 Å². The topological polar surface area (TPSA) is 54.0 Å². The maximum absolute atomic E-state index is 13.4. The number of nitrogens with zero attached hydrogens (tertiary/aromatic N) is 1. The Kier molecular flexibility index (Phi) is 8.43. The van der Waals surface area contributed by atoms with Crippen LogP contribution in [0.25, 0.3) is 0 Å². The molecule has 0 amide bonds. The quantitative estimate of drug-likeness (QED) is 0.638. The Hall–Kier alpha value is -1.99. The van der Waals surface area contributed by atoms with Crippen molar-refractivity contribution >= 4 is 0 Å². The maximum Gasteiger partial charge on any atom is 0.123 e. The van der Waals surface area contributed by atoms with Gasteiger partial charge in [-0.25, -0.2) is 4.39 Å². The molecule has 0 aromatic heterocycles. The van der Waals surface area contributed by atoms with Gasteiger partial charge in [-0.2, -0.15) is 0 Å². The van der Waals surface area contributed by atoms with E-state index in [2.05, 4.69) is 43.1 Å². The lowest BCUT2D eigenvalue weighted by molar-refractivity contribution is 0.0151. The van der Waals surface area contributed by atoms with Crippen molar-refractivity contribution in [3.63, 3.8) is 0 Å². The SMILES string of the molecule is CC(C)(C)c1ccc(OCC(O)CNCC(c2ccc(F)cc2)N2CCOCC2)cc1. The second kappa shape index (κ2) is 11.0. The molecular formula is C25H35FN2O3. The van der Waals surface area contributed by atoms with Crippen molar-refractivity contribution in [2.45, 2.75) is 38.3 Å². The third-order valence-electron chi connectivity index (χ3n) is 5.62. The third-order valence-corrected chi connectivity index (χ3v) is 5.62. The number of nitrogens with one attached hydrogen (secondary N) is 1. The molecule has 2 aromatic rings. The van der Waals surface area contributed by atoms with Gasteiger partial charge in [-0.1, -0.05) is 45.0 Å². The van der Waals surface area contributed by atoms with Crippen LogP contribution in [0.15, 0.2) is 48.5 Å². The van der Waals surface area contributed by atoms with Gasteiger partial charge in [0.25, 0.3) is 0 Å². The molecule has 0 bridgehead atoms. The Bertz CT molecular complexity index is 784. The van der Waals surface area contributed by atoms with Crippen molar-refractivity contribution < 1.29 is 19.0 Å². The minimum Gasteiger partial charge on any atom is -0.491 e. The first-order chi connectivity index (χ1) is 14.8. The smallest absolute Gasteiger partial charge is 0.123 e. The molecule has 2 atom stereocenters. The predicted octanol–water partition coefficient (Wildman–Crippen LogP) is 3.53. The lowest BCUT2D eigenvalue weighted by Gasteiger charge is -2.35. The molecule has 0 saturated carbocycles. The normalized spacial score (nSPS) is 17.3. The Labute approximate surface area is 185 Å². The van der Waals surface area contributed by atoms with E-state index in [1.165, 1.54) is 17.7 Å². The van der Waals surface area contributed by atoms with E-state index in [1.54, 1.807) is 0 Å². The largest absolute Gasteiger partial charge is 0.491 e. The summed E-state index contributed by atoms with van der Waals surface area (Å²) < 4.78 is 24.6. The number of aliphatic hydroxyl groups is 1. The number of hydrogen-bond donors (Lipinski definition) is 2. The molecule has 1 aliphatic rings. The Balaban J connectivity index is 1.48. The van der Waals surface area contributed by atoms with Gasteiger partial charge in [-0.3, -0.25) is 4.90 Å². The van der Waals surface area contributed by atoms with Gasteiger partial charge in [-0.05, 0) is 40.8 Å². The molecule has 170 valence electrons. The molecule has 1 fully saturated rings. The zero-order valence-corrected chi connectivity index (χ0v) is 18.8. The van der Waals surface area contributed by atoms with E-state index in [-0.39, 0.29) is 23.9 Å². The van der Waals surface area contributed by atoms with Crippen molar-refractivity contribution in [3.8, 4) is 5.75 Å². The Morgan fingerprint density at radius 2 is 1.68 bits per heavy atom. The van der Waals surface area contributed by atoms with Gasteiger partial charge in [0.2, 0.25) is 0 Å². The van der Waals surface area contributed by atoms with Crippen LogP contribution in [-0.4, -0.2) is 62.1 Å². The summed E-state index contributed by atoms with van der Waals surface area (Å²) in [5.41, 5.74) is 2.40. The lowest BCUT2D eigenvalue weighted by atomic mass is 9.87. The molecule has 5 nitrogen and oxygen atoms in total. The van der Waals surface area contributed by atoms with E-state index in [0.29, 0.717) is 26.3 Å². The number of aliphatic hydroxyl groups excluding tert-OH is 1. The van der Waals surface area contributed by atoms with E-state index in [4.69, 9.17) is 9.47 Å². The zero-order valence-electron chi connectivity index (χ0n) is 18.8. The van der Waals surface area contributed by atoms with E-state index in [1.807, 2.05) is 24.3 Å². The van der Waals surface area contributed by atoms with Crippen LogP contribution < -0.4 is 10.1 Å². The van der Waals surface area contributed by atoms with E-state index < -0.39 is 6.10 Å². The van der Waals surface area contributed by atoms with Gasteiger partial charge in [-0.15, -0.1) is 0 Å². The molecule has 31 heavy (non-hydrogen) atoms. The summed E-state index contributed by atoms with van der Waals surface area (Å²) in [5, 5.41) is 13.7. The highest BCUT2D eigenvalue weighted by atomic mass is 19.1. The van der Waals surface area contributed by atoms with E-state index >= 15 is 0 Å². The molecule has 2 N–H and O–H groups in total. The van der Waals surface area contributed by atoms with Crippen LogP contribution in [-0.2, 0) is 10.2 Å². The monoisotopic (exact) mass is 430 g/mol. The van der Waals surface area contributed by atoms with Crippen LogP contribution in [0.1, 0.15) is 37.9 Å². The molecular weight excluding hydrogens is 395 g/mol. The van der Waals surface area contributed by atoms with Gasteiger partial charge in [0, 0.05) is 32.2 Å². The van der Waals surface area contributed by atoms with Gasteiger partial charge in [0.15, 0.2) is 0 Å². The Morgan fingerprint density at radius 1 is 1.03 bits per heavy atom. The van der Waals surface area contributed by atoms with Crippen LogP contribution in [0.4, 0.5) is 4.39 Å².